The summed E-state index contributed by atoms with van der Waals surface area (Å²) < 4.78 is 0. The normalized spacial score (nSPS) is 29.3. The molecule has 3 aromatic carbocycles. The predicted molar refractivity (Wildman–Crippen MR) is 125 cm³/mol. The van der Waals surface area contributed by atoms with Gasteiger partial charge in [-0.15, -0.1) is 0 Å². The van der Waals surface area contributed by atoms with Gasteiger partial charge in [-0.05, 0) is 89.5 Å². The number of benzene rings is 3. The van der Waals surface area contributed by atoms with Crippen LogP contribution in [-0.2, 0) is 16.0 Å². The van der Waals surface area contributed by atoms with Crippen molar-refractivity contribution in [3.8, 4) is 0 Å². The van der Waals surface area contributed by atoms with Crippen LogP contribution in [-0.4, -0.2) is 23.0 Å². The molecule has 3 aromatic rings. The number of carboxylic acids is 1. The molecule has 1 amide bonds. The van der Waals surface area contributed by atoms with Crippen molar-refractivity contribution in [2.75, 3.05) is 0 Å². The molecule has 32 heavy (non-hydrogen) atoms. The van der Waals surface area contributed by atoms with Gasteiger partial charge in [0.1, 0.15) is 6.04 Å². The minimum Gasteiger partial charge on any atom is -0.480 e. The monoisotopic (exact) mass is 427 g/mol. The number of fused-ring (bicyclic) bond motifs is 2. The second-order valence-corrected chi connectivity index (χ2v) is 10.6. The van der Waals surface area contributed by atoms with Crippen LogP contribution < -0.4 is 5.32 Å². The first-order valence-corrected chi connectivity index (χ1v) is 11.9. The lowest BCUT2D eigenvalue weighted by Crippen LogP contribution is -2.56. The summed E-state index contributed by atoms with van der Waals surface area (Å²) >= 11 is 0. The van der Waals surface area contributed by atoms with Gasteiger partial charge in [0.05, 0.1) is 0 Å². The molecule has 164 valence electrons. The van der Waals surface area contributed by atoms with E-state index in [1.165, 1.54) is 19.3 Å². The SMILES string of the molecule is O=C(O)[C@H](Cc1c2ccccc2cc2ccccc12)NC(=O)C12CC3CC(CC(C3)C1)C2. The fourth-order valence-electron chi connectivity index (χ4n) is 7.43. The standard InChI is InChI=1S/C28H29NO3/c30-26(31)25(29-27(32)28-14-17-9-18(15-28)11-19(10-17)16-28)13-24-22-7-3-1-5-20(22)12-21-6-2-4-8-23(21)24/h1-8,12,17-19,25H,9-11,13-16H2,(H,29,32)(H,30,31)/t17?,18?,19?,25-,28?/m0/s1. The average molecular weight is 428 g/mol. The molecule has 4 aliphatic rings. The van der Waals surface area contributed by atoms with Crippen LogP contribution in [0.4, 0.5) is 0 Å². The van der Waals surface area contributed by atoms with Gasteiger partial charge in [0.2, 0.25) is 5.91 Å². The molecule has 4 bridgehead atoms. The van der Waals surface area contributed by atoms with Crippen molar-refractivity contribution in [3.05, 3.63) is 60.2 Å². The molecule has 4 fully saturated rings. The van der Waals surface area contributed by atoms with Gasteiger partial charge in [-0.1, -0.05) is 48.5 Å². The number of nitrogens with one attached hydrogen (secondary N) is 1. The highest BCUT2D eigenvalue weighted by molar-refractivity contribution is 6.02. The molecule has 1 atom stereocenters. The Kier molecular flexibility index (Phi) is 4.53. The van der Waals surface area contributed by atoms with E-state index >= 15 is 0 Å². The molecule has 0 radical (unpaired) electrons. The molecule has 2 N–H and O–H groups in total. The summed E-state index contributed by atoms with van der Waals surface area (Å²) in [5.74, 6) is 0.973. The summed E-state index contributed by atoms with van der Waals surface area (Å²) in [4.78, 5) is 25.9. The fourth-order valence-corrected chi connectivity index (χ4v) is 7.43. The molecule has 0 unspecified atom stereocenters. The topological polar surface area (TPSA) is 66.4 Å². The lowest BCUT2D eigenvalue weighted by atomic mass is 9.49. The third kappa shape index (κ3) is 3.19. The third-order valence-electron chi connectivity index (χ3n) is 8.41. The predicted octanol–water partition coefficient (Wildman–Crippen LogP) is 5.32. The summed E-state index contributed by atoms with van der Waals surface area (Å²) in [6, 6.07) is 17.4. The van der Waals surface area contributed by atoms with E-state index in [-0.39, 0.29) is 17.7 Å². The van der Waals surface area contributed by atoms with E-state index in [1.807, 2.05) is 24.3 Å². The van der Waals surface area contributed by atoms with Crippen LogP contribution in [0.3, 0.4) is 0 Å². The third-order valence-corrected chi connectivity index (χ3v) is 8.41. The highest BCUT2D eigenvalue weighted by Gasteiger charge is 2.55. The molecule has 0 aliphatic heterocycles. The van der Waals surface area contributed by atoms with Crippen molar-refractivity contribution >= 4 is 33.4 Å². The molecule has 0 saturated heterocycles. The summed E-state index contributed by atoms with van der Waals surface area (Å²) in [5.41, 5.74) is 0.653. The van der Waals surface area contributed by atoms with E-state index in [2.05, 4.69) is 35.6 Å². The molecule has 7 rings (SSSR count). The van der Waals surface area contributed by atoms with Crippen molar-refractivity contribution in [2.45, 2.75) is 51.0 Å². The Morgan fingerprint density at radius 3 is 1.88 bits per heavy atom. The number of aliphatic carboxylic acids is 1. The largest absolute Gasteiger partial charge is 0.480 e. The second-order valence-electron chi connectivity index (χ2n) is 10.6. The maximum Gasteiger partial charge on any atom is 0.326 e. The number of carbonyl (C=O) groups is 2. The van der Waals surface area contributed by atoms with Crippen molar-refractivity contribution < 1.29 is 14.7 Å². The summed E-state index contributed by atoms with van der Waals surface area (Å²) in [5, 5.41) is 17.4. The zero-order valence-corrected chi connectivity index (χ0v) is 18.2. The Bertz CT molecular complexity index is 1140. The number of rotatable bonds is 5. The highest BCUT2D eigenvalue weighted by atomic mass is 16.4. The zero-order valence-electron chi connectivity index (χ0n) is 18.2. The first-order valence-electron chi connectivity index (χ1n) is 11.9. The molecule has 4 saturated carbocycles. The lowest BCUT2D eigenvalue weighted by Gasteiger charge is -2.55. The Morgan fingerprint density at radius 2 is 1.38 bits per heavy atom. The van der Waals surface area contributed by atoms with E-state index in [1.54, 1.807) is 0 Å². The van der Waals surface area contributed by atoms with Crippen LogP contribution in [0, 0.1) is 23.2 Å². The minimum absolute atomic E-state index is 0.0199. The van der Waals surface area contributed by atoms with E-state index in [0.717, 1.165) is 46.4 Å². The van der Waals surface area contributed by atoms with Gasteiger partial charge in [-0.3, -0.25) is 4.79 Å². The second kappa shape index (κ2) is 7.33. The Balaban J connectivity index is 1.34. The van der Waals surface area contributed by atoms with E-state index in [9.17, 15) is 14.7 Å². The molecule has 0 aromatic heterocycles. The van der Waals surface area contributed by atoms with Crippen molar-refractivity contribution in [2.24, 2.45) is 23.2 Å². The van der Waals surface area contributed by atoms with Crippen LogP contribution in [0.1, 0.15) is 44.1 Å². The molecular formula is C28H29NO3. The van der Waals surface area contributed by atoms with E-state index < -0.39 is 12.0 Å². The number of carboxylic acid groups (broad SMARTS) is 1. The molecule has 4 aliphatic carbocycles. The van der Waals surface area contributed by atoms with Gasteiger partial charge in [0.25, 0.3) is 0 Å². The van der Waals surface area contributed by atoms with Crippen molar-refractivity contribution in [1.29, 1.82) is 0 Å². The molecular weight excluding hydrogens is 398 g/mol. The molecule has 4 heteroatoms. The van der Waals surface area contributed by atoms with Crippen LogP contribution in [0.2, 0.25) is 0 Å². The Hall–Kier alpha value is -2.88. The van der Waals surface area contributed by atoms with Gasteiger partial charge in [-0.2, -0.15) is 0 Å². The van der Waals surface area contributed by atoms with Crippen molar-refractivity contribution in [3.63, 3.8) is 0 Å². The fraction of sp³-hybridized carbons (Fsp3) is 0.429. The van der Waals surface area contributed by atoms with Gasteiger partial charge < -0.3 is 10.4 Å². The number of hydrogen-bond donors (Lipinski definition) is 2. The maximum atomic E-state index is 13.6. The van der Waals surface area contributed by atoms with Gasteiger partial charge >= 0.3 is 5.97 Å². The highest BCUT2D eigenvalue weighted by Crippen LogP contribution is 2.60. The molecule has 4 nitrogen and oxygen atoms in total. The maximum absolute atomic E-state index is 13.6. The van der Waals surface area contributed by atoms with Gasteiger partial charge in [0, 0.05) is 11.8 Å². The zero-order chi connectivity index (χ0) is 21.9. The Labute approximate surface area is 188 Å². The smallest absolute Gasteiger partial charge is 0.326 e. The van der Waals surface area contributed by atoms with Crippen LogP contribution in [0.5, 0.6) is 0 Å². The number of hydrogen-bond acceptors (Lipinski definition) is 2. The number of carbonyl (C=O) groups excluding carboxylic acids is 1. The summed E-state index contributed by atoms with van der Waals surface area (Å²) in [7, 11) is 0. The molecule has 0 spiro atoms. The quantitative estimate of drug-likeness (QED) is 0.542. The minimum atomic E-state index is -0.958. The average Bonchev–Trinajstić information content (AvgIpc) is 2.77. The van der Waals surface area contributed by atoms with Crippen LogP contribution in [0.15, 0.2) is 54.6 Å². The van der Waals surface area contributed by atoms with Crippen molar-refractivity contribution in [1.82, 2.24) is 5.32 Å². The van der Waals surface area contributed by atoms with Gasteiger partial charge in [0.15, 0.2) is 0 Å². The first kappa shape index (κ1) is 19.8. The van der Waals surface area contributed by atoms with E-state index in [4.69, 9.17) is 0 Å². The van der Waals surface area contributed by atoms with Gasteiger partial charge in [-0.25, -0.2) is 4.79 Å². The number of amides is 1. The molecule has 0 heterocycles. The first-order chi connectivity index (χ1) is 15.5. The van der Waals surface area contributed by atoms with Crippen LogP contribution >= 0.6 is 0 Å². The van der Waals surface area contributed by atoms with Crippen LogP contribution in [0.25, 0.3) is 21.5 Å². The summed E-state index contributed by atoms with van der Waals surface area (Å²) in [6.07, 6.45) is 6.89. The summed E-state index contributed by atoms with van der Waals surface area (Å²) in [6.45, 7) is 0. The lowest BCUT2D eigenvalue weighted by molar-refractivity contribution is -0.151. The Morgan fingerprint density at radius 1 is 0.875 bits per heavy atom. The van der Waals surface area contributed by atoms with E-state index in [0.29, 0.717) is 17.8 Å².